The van der Waals surface area contributed by atoms with Gasteiger partial charge in [-0.2, -0.15) is 0 Å². The van der Waals surface area contributed by atoms with Gasteiger partial charge in [0.05, 0.1) is 16.6 Å². The second-order valence-electron chi connectivity index (χ2n) is 7.12. The summed E-state index contributed by atoms with van der Waals surface area (Å²) in [6.07, 6.45) is 0. The van der Waals surface area contributed by atoms with E-state index >= 15 is 0 Å². The molecule has 5 nitrogen and oxygen atoms in total. The molecule has 3 aromatic carbocycles. The van der Waals surface area contributed by atoms with Crippen molar-refractivity contribution >= 4 is 21.6 Å². The molecule has 1 atom stereocenters. The summed E-state index contributed by atoms with van der Waals surface area (Å²) in [4.78, 5) is 12.7. The highest BCUT2D eigenvalue weighted by molar-refractivity contribution is 7.92. The summed E-state index contributed by atoms with van der Waals surface area (Å²) < 4.78 is 54.9. The smallest absolute Gasteiger partial charge is 0.264 e. The van der Waals surface area contributed by atoms with Gasteiger partial charge in [0.25, 0.3) is 10.0 Å². The number of halogens is 2. The molecule has 0 aliphatic heterocycles. The van der Waals surface area contributed by atoms with Crippen LogP contribution >= 0.6 is 0 Å². The number of rotatable bonds is 7. The van der Waals surface area contributed by atoms with Crippen LogP contribution in [0.2, 0.25) is 0 Å². The number of hydrogen-bond acceptors (Lipinski definition) is 3. The van der Waals surface area contributed by atoms with Crippen LogP contribution in [-0.4, -0.2) is 20.9 Å². The Hall–Kier alpha value is -3.26. The molecule has 0 aliphatic rings. The van der Waals surface area contributed by atoms with Gasteiger partial charge in [0.15, 0.2) is 0 Å². The molecule has 1 amide bonds. The summed E-state index contributed by atoms with van der Waals surface area (Å²) in [5.41, 5.74) is 1.28. The van der Waals surface area contributed by atoms with E-state index in [4.69, 9.17) is 0 Å². The molecule has 0 bridgehead atoms. The van der Waals surface area contributed by atoms with Crippen molar-refractivity contribution in [2.45, 2.75) is 24.8 Å². The Morgan fingerprint density at radius 2 is 1.58 bits per heavy atom. The number of carbonyl (C=O) groups is 1. The Morgan fingerprint density at radius 1 is 0.968 bits per heavy atom. The van der Waals surface area contributed by atoms with E-state index in [1.54, 1.807) is 19.1 Å². The van der Waals surface area contributed by atoms with Crippen molar-refractivity contribution in [1.29, 1.82) is 0 Å². The Kier molecular flexibility index (Phi) is 6.70. The molecular weight excluding hydrogens is 422 g/mol. The zero-order valence-electron chi connectivity index (χ0n) is 17.0. The van der Waals surface area contributed by atoms with Crippen molar-refractivity contribution in [3.05, 3.63) is 95.6 Å². The molecular formula is C23H22F2N2O3S. The van der Waals surface area contributed by atoms with E-state index in [9.17, 15) is 22.0 Å². The zero-order chi connectivity index (χ0) is 22.6. The minimum absolute atomic E-state index is 0.0549. The normalized spacial score (nSPS) is 12.3. The number of anilines is 1. The molecule has 3 rings (SSSR count). The number of hydrogen-bond donors (Lipinski definition) is 1. The number of nitrogens with zero attached hydrogens (tertiary/aromatic N) is 1. The van der Waals surface area contributed by atoms with Crippen molar-refractivity contribution in [1.82, 2.24) is 5.32 Å². The first-order valence-electron chi connectivity index (χ1n) is 9.57. The van der Waals surface area contributed by atoms with Crippen LogP contribution in [0.1, 0.15) is 24.1 Å². The molecule has 0 saturated carbocycles. The van der Waals surface area contributed by atoms with Crippen LogP contribution in [-0.2, 0) is 14.8 Å². The molecule has 1 N–H and O–H groups in total. The van der Waals surface area contributed by atoms with Crippen LogP contribution in [0.25, 0.3) is 0 Å². The highest BCUT2D eigenvalue weighted by Gasteiger charge is 2.29. The standard InChI is InChI=1S/C23H22F2N2O3S/c1-16-7-13-20(14-8-16)31(29,30)27(22-6-4-3-5-21(22)25)15-23(28)26-17(2)18-9-11-19(24)12-10-18/h3-14,17H,15H2,1-2H3,(H,26,28). The van der Waals surface area contributed by atoms with Crippen LogP contribution in [0.15, 0.2) is 77.7 Å². The van der Waals surface area contributed by atoms with Gasteiger partial charge in [-0.1, -0.05) is 42.0 Å². The number of para-hydroxylation sites is 1. The van der Waals surface area contributed by atoms with E-state index in [0.29, 0.717) is 5.56 Å². The third-order valence-electron chi connectivity index (χ3n) is 4.76. The van der Waals surface area contributed by atoms with Crippen LogP contribution in [0, 0.1) is 18.6 Å². The Labute approximate surface area is 180 Å². The molecule has 0 aromatic heterocycles. The Morgan fingerprint density at radius 3 is 2.19 bits per heavy atom. The molecule has 162 valence electrons. The molecule has 3 aromatic rings. The van der Waals surface area contributed by atoms with Gasteiger partial charge in [-0.05, 0) is 55.8 Å². The van der Waals surface area contributed by atoms with E-state index in [2.05, 4.69) is 5.32 Å². The van der Waals surface area contributed by atoms with Gasteiger partial charge in [-0.3, -0.25) is 9.10 Å². The average Bonchev–Trinajstić information content (AvgIpc) is 2.73. The molecule has 0 aliphatic carbocycles. The topological polar surface area (TPSA) is 66.5 Å². The number of nitrogens with one attached hydrogen (secondary N) is 1. The first-order valence-corrected chi connectivity index (χ1v) is 11.0. The van der Waals surface area contributed by atoms with E-state index in [1.165, 1.54) is 54.6 Å². The Balaban J connectivity index is 1.90. The fraction of sp³-hybridized carbons (Fsp3) is 0.174. The summed E-state index contributed by atoms with van der Waals surface area (Å²) in [5.74, 6) is -1.80. The van der Waals surface area contributed by atoms with Crippen LogP contribution in [0.3, 0.4) is 0 Å². The quantitative estimate of drug-likeness (QED) is 0.589. The molecule has 0 fully saturated rings. The zero-order valence-corrected chi connectivity index (χ0v) is 17.9. The Bertz CT molecular complexity index is 1160. The summed E-state index contributed by atoms with van der Waals surface area (Å²) in [7, 11) is -4.21. The lowest BCUT2D eigenvalue weighted by molar-refractivity contribution is -0.120. The lowest BCUT2D eigenvalue weighted by Gasteiger charge is -2.25. The molecule has 0 heterocycles. The second kappa shape index (κ2) is 9.26. The number of carbonyl (C=O) groups excluding carboxylic acids is 1. The average molecular weight is 445 g/mol. The lowest BCUT2D eigenvalue weighted by atomic mass is 10.1. The largest absolute Gasteiger partial charge is 0.348 e. The highest BCUT2D eigenvalue weighted by atomic mass is 32.2. The number of benzene rings is 3. The number of sulfonamides is 1. The summed E-state index contributed by atoms with van der Waals surface area (Å²) in [6, 6.07) is 16.5. The van der Waals surface area contributed by atoms with Crippen molar-refractivity contribution < 1.29 is 22.0 Å². The minimum Gasteiger partial charge on any atom is -0.348 e. The maximum atomic E-state index is 14.5. The highest BCUT2D eigenvalue weighted by Crippen LogP contribution is 2.26. The maximum absolute atomic E-state index is 14.5. The first-order chi connectivity index (χ1) is 14.7. The number of aryl methyl sites for hydroxylation is 1. The van der Waals surface area contributed by atoms with Crippen molar-refractivity contribution in [3.63, 3.8) is 0 Å². The van der Waals surface area contributed by atoms with E-state index in [1.807, 2.05) is 6.92 Å². The second-order valence-corrected chi connectivity index (χ2v) is 8.98. The first kappa shape index (κ1) is 22.4. The van der Waals surface area contributed by atoms with E-state index in [-0.39, 0.29) is 10.6 Å². The van der Waals surface area contributed by atoms with Gasteiger partial charge >= 0.3 is 0 Å². The van der Waals surface area contributed by atoms with Gasteiger partial charge in [0.1, 0.15) is 18.2 Å². The molecule has 8 heteroatoms. The third kappa shape index (κ3) is 5.27. The van der Waals surface area contributed by atoms with Crippen molar-refractivity contribution in [3.8, 4) is 0 Å². The SMILES string of the molecule is Cc1ccc(S(=O)(=O)N(CC(=O)NC(C)c2ccc(F)cc2)c2ccccc2F)cc1. The fourth-order valence-corrected chi connectivity index (χ4v) is 4.47. The predicted molar refractivity (Wildman–Crippen MR) is 115 cm³/mol. The molecule has 31 heavy (non-hydrogen) atoms. The monoisotopic (exact) mass is 444 g/mol. The van der Waals surface area contributed by atoms with Gasteiger partial charge in [0.2, 0.25) is 5.91 Å². The number of amides is 1. The van der Waals surface area contributed by atoms with E-state index in [0.717, 1.165) is 15.9 Å². The van der Waals surface area contributed by atoms with Gasteiger partial charge < -0.3 is 5.32 Å². The molecule has 0 spiro atoms. The van der Waals surface area contributed by atoms with Crippen LogP contribution in [0.4, 0.5) is 14.5 Å². The van der Waals surface area contributed by atoms with Crippen molar-refractivity contribution in [2.75, 3.05) is 10.8 Å². The molecule has 0 radical (unpaired) electrons. The van der Waals surface area contributed by atoms with Crippen LogP contribution in [0.5, 0.6) is 0 Å². The maximum Gasteiger partial charge on any atom is 0.264 e. The molecule has 0 saturated heterocycles. The third-order valence-corrected chi connectivity index (χ3v) is 6.54. The molecule has 1 unspecified atom stereocenters. The summed E-state index contributed by atoms with van der Waals surface area (Å²) in [6.45, 7) is 2.88. The van der Waals surface area contributed by atoms with E-state index < -0.39 is 40.2 Å². The van der Waals surface area contributed by atoms with Gasteiger partial charge in [-0.25, -0.2) is 17.2 Å². The summed E-state index contributed by atoms with van der Waals surface area (Å²) in [5, 5.41) is 2.68. The predicted octanol–water partition coefficient (Wildman–Crippen LogP) is 4.35. The minimum atomic E-state index is -4.21. The lowest BCUT2D eigenvalue weighted by Crippen LogP contribution is -2.42. The van der Waals surface area contributed by atoms with Gasteiger partial charge in [-0.15, -0.1) is 0 Å². The fourth-order valence-electron chi connectivity index (χ4n) is 3.04. The van der Waals surface area contributed by atoms with Gasteiger partial charge in [0, 0.05) is 0 Å². The van der Waals surface area contributed by atoms with Crippen molar-refractivity contribution in [2.24, 2.45) is 0 Å². The van der Waals surface area contributed by atoms with Crippen LogP contribution < -0.4 is 9.62 Å². The summed E-state index contributed by atoms with van der Waals surface area (Å²) >= 11 is 0.